The summed E-state index contributed by atoms with van der Waals surface area (Å²) in [7, 11) is -2.53. The zero-order valence-corrected chi connectivity index (χ0v) is 19.6. The maximum absolute atomic E-state index is 12.9. The summed E-state index contributed by atoms with van der Waals surface area (Å²) >= 11 is 0. The minimum Gasteiger partial charge on any atom is -0.497 e. The smallest absolute Gasteiger partial charge is 0.339 e. The molecule has 2 aromatic rings. The molecule has 7 nitrogen and oxygen atoms in total. The molecule has 1 amide bonds. The quantitative estimate of drug-likeness (QED) is 0.497. The van der Waals surface area contributed by atoms with Gasteiger partial charge < -0.3 is 18.6 Å². The highest BCUT2D eigenvalue weighted by atomic mass is 32.2. The van der Waals surface area contributed by atoms with E-state index in [1.165, 1.54) is 19.2 Å². The topological polar surface area (TPSA) is 82.1 Å². The van der Waals surface area contributed by atoms with E-state index in [1.807, 2.05) is 13.8 Å². The minimum atomic E-state index is -4.04. The number of hydrogen-bond acceptors (Lipinski definition) is 6. The first kappa shape index (κ1) is 24.1. The van der Waals surface area contributed by atoms with Gasteiger partial charge in [-0.15, -0.1) is 0 Å². The molecule has 3 rings (SSSR count). The molecule has 0 bridgehead atoms. The second-order valence-corrected chi connectivity index (χ2v) is 9.87. The van der Waals surface area contributed by atoms with Gasteiger partial charge in [0, 0.05) is 31.7 Å². The largest absolute Gasteiger partial charge is 0.497 e. The van der Waals surface area contributed by atoms with E-state index in [9.17, 15) is 13.2 Å². The van der Waals surface area contributed by atoms with Crippen molar-refractivity contribution in [2.45, 2.75) is 50.7 Å². The van der Waals surface area contributed by atoms with Crippen LogP contribution in [-0.2, 0) is 26.2 Å². The van der Waals surface area contributed by atoms with Crippen molar-refractivity contribution in [1.82, 2.24) is 4.90 Å². The van der Waals surface area contributed by atoms with Crippen LogP contribution < -0.4 is 8.92 Å². The predicted octanol–water partition coefficient (Wildman–Crippen LogP) is 4.02. The summed E-state index contributed by atoms with van der Waals surface area (Å²) in [6, 6.07) is 12.9. The highest BCUT2D eigenvalue weighted by Crippen LogP contribution is 2.26. The Balaban J connectivity index is 1.81. The summed E-state index contributed by atoms with van der Waals surface area (Å²) in [5.41, 5.74) is 0.625. The third-order valence-corrected chi connectivity index (χ3v) is 6.51. The molecule has 32 heavy (non-hydrogen) atoms. The van der Waals surface area contributed by atoms with Crippen molar-refractivity contribution < 1.29 is 26.9 Å². The summed E-state index contributed by atoms with van der Waals surface area (Å²) in [5.74, 6) is 0.996. The zero-order valence-electron chi connectivity index (χ0n) is 18.8. The van der Waals surface area contributed by atoms with Crippen molar-refractivity contribution >= 4 is 16.0 Å². The molecule has 0 spiro atoms. The molecule has 0 aliphatic carbocycles. The van der Waals surface area contributed by atoms with E-state index in [1.54, 1.807) is 41.3 Å². The molecule has 0 N–H and O–H groups in total. The van der Waals surface area contributed by atoms with Crippen molar-refractivity contribution in [1.29, 1.82) is 0 Å². The summed E-state index contributed by atoms with van der Waals surface area (Å²) < 4.78 is 42.0. The molecule has 0 aromatic heterocycles. The van der Waals surface area contributed by atoms with E-state index in [2.05, 4.69) is 0 Å². The molecule has 0 unspecified atom stereocenters. The van der Waals surface area contributed by atoms with Gasteiger partial charge in [-0.3, -0.25) is 4.79 Å². The van der Waals surface area contributed by atoms with Crippen molar-refractivity contribution in [3.05, 3.63) is 54.1 Å². The molecule has 8 heteroatoms. The Bertz CT molecular complexity index is 997. The number of carbonyl (C=O) groups excluding carboxylic acids is 1. The van der Waals surface area contributed by atoms with Gasteiger partial charge in [0.2, 0.25) is 5.91 Å². The van der Waals surface area contributed by atoms with Crippen LogP contribution in [0.15, 0.2) is 53.4 Å². The summed E-state index contributed by atoms with van der Waals surface area (Å²) in [4.78, 5) is 14.7. The van der Waals surface area contributed by atoms with E-state index >= 15 is 0 Å². The molecule has 1 aliphatic heterocycles. The first-order valence-electron chi connectivity index (χ1n) is 10.8. The highest BCUT2D eigenvalue weighted by molar-refractivity contribution is 7.87. The summed E-state index contributed by atoms with van der Waals surface area (Å²) in [6.45, 7) is 5.43. The minimum absolute atomic E-state index is 0.00206. The predicted molar refractivity (Wildman–Crippen MR) is 121 cm³/mol. The lowest BCUT2D eigenvalue weighted by Gasteiger charge is -2.27. The van der Waals surface area contributed by atoms with E-state index in [0.29, 0.717) is 30.9 Å². The Hall–Kier alpha value is -2.58. The fraction of sp³-hybridized carbons (Fsp3) is 0.458. The van der Waals surface area contributed by atoms with Crippen LogP contribution in [0.3, 0.4) is 0 Å². The van der Waals surface area contributed by atoms with Crippen molar-refractivity contribution in [3.8, 4) is 11.5 Å². The fourth-order valence-electron chi connectivity index (χ4n) is 3.60. The molecule has 1 aliphatic rings. The molecule has 0 saturated carbocycles. The second-order valence-electron chi connectivity index (χ2n) is 8.33. The monoisotopic (exact) mass is 461 g/mol. The van der Waals surface area contributed by atoms with E-state index in [4.69, 9.17) is 13.7 Å². The fourth-order valence-corrected chi connectivity index (χ4v) is 4.56. The van der Waals surface area contributed by atoms with Gasteiger partial charge in [-0.1, -0.05) is 32.0 Å². The van der Waals surface area contributed by atoms with Crippen LogP contribution >= 0.6 is 0 Å². The Morgan fingerprint density at radius 1 is 1.16 bits per heavy atom. The number of rotatable bonds is 10. The molecule has 1 saturated heterocycles. The van der Waals surface area contributed by atoms with Crippen molar-refractivity contribution in [3.63, 3.8) is 0 Å². The van der Waals surface area contributed by atoms with Crippen LogP contribution in [0.2, 0.25) is 0 Å². The van der Waals surface area contributed by atoms with Gasteiger partial charge in [0.25, 0.3) is 0 Å². The maximum Gasteiger partial charge on any atom is 0.339 e. The number of nitrogens with zero attached hydrogens (tertiary/aromatic N) is 1. The molecule has 1 atom stereocenters. The Morgan fingerprint density at radius 3 is 2.50 bits per heavy atom. The average Bonchev–Trinajstić information content (AvgIpc) is 3.27. The molecular weight excluding hydrogens is 430 g/mol. The molecule has 1 fully saturated rings. The van der Waals surface area contributed by atoms with Gasteiger partial charge in [0.05, 0.1) is 13.2 Å². The van der Waals surface area contributed by atoms with E-state index < -0.39 is 10.1 Å². The number of para-hydroxylation sites is 1. The normalized spacial score (nSPS) is 16.2. The summed E-state index contributed by atoms with van der Waals surface area (Å²) in [6.07, 6.45) is 2.31. The van der Waals surface area contributed by atoms with Gasteiger partial charge in [-0.2, -0.15) is 8.42 Å². The Labute approximate surface area is 190 Å². The first-order chi connectivity index (χ1) is 15.3. The Kier molecular flexibility index (Phi) is 8.15. The highest BCUT2D eigenvalue weighted by Gasteiger charge is 2.25. The third-order valence-electron chi connectivity index (χ3n) is 5.26. The number of amides is 1. The Morgan fingerprint density at radius 2 is 1.88 bits per heavy atom. The summed E-state index contributed by atoms with van der Waals surface area (Å²) in [5, 5.41) is 0. The van der Waals surface area contributed by atoms with E-state index in [-0.39, 0.29) is 35.1 Å². The number of hydrogen-bond donors (Lipinski definition) is 0. The number of ether oxygens (including phenoxy) is 2. The second kappa shape index (κ2) is 10.8. The molecular formula is C24H31NO6S. The lowest BCUT2D eigenvalue weighted by molar-refractivity contribution is -0.134. The van der Waals surface area contributed by atoms with Gasteiger partial charge >= 0.3 is 10.1 Å². The maximum atomic E-state index is 12.9. The van der Waals surface area contributed by atoms with Crippen LogP contribution in [0.25, 0.3) is 0 Å². The van der Waals surface area contributed by atoms with Crippen molar-refractivity contribution in [2.24, 2.45) is 5.92 Å². The van der Waals surface area contributed by atoms with Crippen molar-refractivity contribution in [2.75, 3.05) is 20.3 Å². The van der Waals surface area contributed by atoms with Gasteiger partial charge in [0.1, 0.15) is 16.4 Å². The van der Waals surface area contributed by atoms with Crippen LogP contribution in [0.5, 0.6) is 11.5 Å². The zero-order chi connectivity index (χ0) is 23.1. The molecule has 2 aromatic carbocycles. The van der Waals surface area contributed by atoms with Crippen LogP contribution in [-0.4, -0.2) is 45.6 Å². The van der Waals surface area contributed by atoms with Gasteiger partial charge in [-0.05, 0) is 49.1 Å². The van der Waals surface area contributed by atoms with E-state index in [0.717, 1.165) is 12.8 Å². The molecule has 1 heterocycles. The molecule has 0 radical (unpaired) electrons. The average molecular weight is 462 g/mol. The van der Waals surface area contributed by atoms with Crippen LogP contribution in [0, 0.1) is 5.92 Å². The number of carbonyl (C=O) groups is 1. The first-order valence-corrected chi connectivity index (χ1v) is 12.2. The lowest BCUT2D eigenvalue weighted by Crippen LogP contribution is -2.37. The molecule has 174 valence electrons. The lowest BCUT2D eigenvalue weighted by atomic mass is 10.1. The van der Waals surface area contributed by atoms with Crippen LogP contribution in [0.1, 0.15) is 38.7 Å². The third kappa shape index (κ3) is 6.46. The number of methoxy groups -OCH3 is 1. The van der Waals surface area contributed by atoms with Crippen LogP contribution in [0.4, 0.5) is 0 Å². The SMILES string of the molecule is COc1ccc(S(=O)(=O)Oc2ccccc2CN(C[C@H]2CCCO2)C(=O)CC(C)C)cc1. The number of benzene rings is 2. The van der Waals surface area contributed by atoms with Gasteiger partial charge in [-0.25, -0.2) is 0 Å². The van der Waals surface area contributed by atoms with Gasteiger partial charge in [0.15, 0.2) is 0 Å². The standard InChI is InChI=1S/C24H31NO6S/c1-18(2)15-24(26)25(17-21-8-6-14-30-21)16-19-7-4-5-9-23(19)31-32(27,28)22-12-10-20(29-3)11-13-22/h4-5,7,9-13,18,21H,6,8,14-17H2,1-3H3/t21-/m1/s1.